The van der Waals surface area contributed by atoms with Crippen LogP contribution in [0.15, 0.2) is 144 Å². The van der Waals surface area contributed by atoms with Crippen LogP contribution in [0.5, 0.6) is 0 Å². The van der Waals surface area contributed by atoms with E-state index in [0.717, 1.165) is 38.9 Å². The fourth-order valence-corrected chi connectivity index (χ4v) is 8.08. The molecule has 0 radical (unpaired) electrons. The SMILES string of the molecule is c1ccc(-c2nc(-c3cccc(-n4c5ccccc5c5ccc6c7ccccc7sc6c54)c3)c3c(n2)oc2ccccc23)cc1. The van der Waals surface area contributed by atoms with Gasteiger partial charge in [-0.3, -0.25) is 0 Å². The van der Waals surface area contributed by atoms with E-state index in [0.29, 0.717) is 11.5 Å². The van der Waals surface area contributed by atoms with Gasteiger partial charge in [0.2, 0.25) is 5.71 Å². The molecule has 5 heteroatoms. The Balaban J connectivity index is 1.29. The Bertz CT molecular complexity index is 2770. The van der Waals surface area contributed by atoms with E-state index in [1.54, 1.807) is 0 Å². The zero-order chi connectivity index (χ0) is 29.5. The first-order valence-corrected chi connectivity index (χ1v) is 15.8. The molecule has 4 aromatic heterocycles. The molecule has 210 valence electrons. The molecule has 0 N–H and O–H groups in total. The van der Waals surface area contributed by atoms with Crippen LogP contribution in [0, 0.1) is 0 Å². The van der Waals surface area contributed by atoms with Crippen molar-refractivity contribution in [2.45, 2.75) is 0 Å². The molecule has 0 bridgehead atoms. The Labute approximate surface area is 261 Å². The van der Waals surface area contributed by atoms with Gasteiger partial charge in [-0.1, -0.05) is 109 Å². The number of aromatic nitrogens is 3. The molecule has 0 saturated carbocycles. The van der Waals surface area contributed by atoms with E-state index in [4.69, 9.17) is 14.4 Å². The summed E-state index contributed by atoms with van der Waals surface area (Å²) in [6, 6.07) is 49.0. The number of hydrogen-bond donors (Lipinski definition) is 0. The molecular weight excluding hydrogens is 571 g/mol. The lowest BCUT2D eigenvalue weighted by Crippen LogP contribution is -1.97. The first kappa shape index (κ1) is 24.6. The number of thiophene rings is 1. The molecule has 0 aliphatic rings. The first-order chi connectivity index (χ1) is 22.3. The largest absolute Gasteiger partial charge is 0.438 e. The number of fused-ring (bicyclic) bond motifs is 10. The van der Waals surface area contributed by atoms with Crippen LogP contribution >= 0.6 is 11.3 Å². The van der Waals surface area contributed by atoms with Crippen LogP contribution in [0.25, 0.3) is 92.4 Å². The highest BCUT2D eigenvalue weighted by molar-refractivity contribution is 7.26. The summed E-state index contributed by atoms with van der Waals surface area (Å²) < 4.78 is 11.3. The van der Waals surface area contributed by atoms with Gasteiger partial charge in [0.05, 0.1) is 26.8 Å². The lowest BCUT2D eigenvalue weighted by Gasteiger charge is -2.12. The molecular formula is C40H23N3OS. The van der Waals surface area contributed by atoms with Crippen molar-refractivity contribution >= 4 is 75.4 Å². The fraction of sp³-hybridized carbons (Fsp3) is 0. The minimum Gasteiger partial charge on any atom is -0.438 e. The van der Waals surface area contributed by atoms with E-state index in [9.17, 15) is 0 Å². The van der Waals surface area contributed by atoms with Crippen molar-refractivity contribution in [2.75, 3.05) is 0 Å². The predicted molar refractivity (Wildman–Crippen MR) is 187 cm³/mol. The average molecular weight is 594 g/mol. The van der Waals surface area contributed by atoms with Crippen molar-refractivity contribution in [3.63, 3.8) is 0 Å². The molecule has 4 heterocycles. The molecule has 0 spiro atoms. The van der Waals surface area contributed by atoms with Gasteiger partial charge in [-0.15, -0.1) is 11.3 Å². The Morgan fingerprint density at radius 3 is 2.20 bits per heavy atom. The van der Waals surface area contributed by atoms with Gasteiger partial charge >= 0.3 is 0 Å². The fourth-order valence-electron chi connectivity index (χ4n) is 6.84. The maximum absolute atomic E-state index is 6.32. The van der Waals surface area contributed by atoms with Crippen LogP contribution in [0.1, 0.15) is 0 Å². The number of nitrogens with zero attached hydrogens (tertiary/aromatic N) is 3. The van der Waals surface area contributed by atoms with Crippen molar-refractivity contribution in [3.8, 4) is 28.3 Å². The highest BCUT2D eigenvalue weighted by Gasteiger charge is 2.21. The second kappa shape index (κ2) is 9.36. The minimum atomic E-state index is 0.592. The average Bonchev–Trinajstić information content (AvgIpc) is 3.78. The highest BCUT2D eigenvalue weighted by atomic mass is 32.1. The Morgan fingerprint density at radius 1 is 0.556 bits per heavy atom. The third kappa shape index (κ3) is 3.59. The molecule has 0 fully saturated rings. The van der Waals surface area contributed by atoms with E-state index >= 15 is 0 Å². The predicted octanol–water partition coefficient (Wildman–Crippen LogP) is 11.2. The van der Waals surface area contributed by atoms with Crippen molar-refractivity contribution in [3.05, 3.63) is 140 Å². The maximum Gasteiger partial charge on any atom is 0.231 e. The zero-order valence-electron chi connectivity index (χ0n) is 23.9. The van der Waals surface area contributed by atoms with Crippen molar-refractivity contribution in [2.24, 2.45) is 0 Å². The van der Waals surface area contributed by atoms with Gasteiger partial charge in [0.25, 0.3) is 0 Å². The summed E-state index contributed by atoms with van der Waals surface area (Å²) in [5, 5.41) is 7.03. The lowest BCUT2D eigenvalue weighted by molar-refractivity contribution is 0.653. The van der Waals surface area contributed by atoms with Crippen LogP contribution in [-0.4, -0.2) is 14.5 Å². The molecule has 10 rings (SSSR count). The molecule has 0 amide bonds. The van der Waals surface area contributed by atoms with E-state index in [1.165, 1.54) is 42.0 Å². The summed E-state index contributed by atoms with van der Waals surface area (Å²) in [6.45, 7) is 0. The van der Waals surface area contributed by atoms with E-state index in [-0.39, 0.29) is 0 Å². The molecule has 6 aromatic carbocycles. The zero-order valence-corrected chi connectivity index (χ0v) is 24.8. The maximum atomic E-state index is 6.32. The standard InChI is InChI=1S/C40H23N3OS/c1-2-11-24(12-3-1)39-41-36(35-31-17-5-8-19-33(31)44-40(35)42-39)25-13-10-14-26(23-25)43-32-18-7-4-15-27(32)29-21-22-30-28-16-6-9-20-34(28)45-38(30)37(29)43/h1-23H. The third-order valence-electron chi connectivity index (χ3n) is 8.83. The number of rotatable bonds is 3. The summed E-state index contributed by atoms with van der Waals surface area (Å²) in [5.74, 6) is 0.645. The van der Waals surface area contributed by atoms with E-state index < -0.39 is 0 Å². The van der Waals surface area contributed by atoms with E-state index in [2.05, 4.69) is 95.6 Å². The van der Waals surface area contributed by atoms with Gasteiger partial charge in [0.15, 0.2) is 5.82 Å². The monoisotopic (exact) mass is 593 g/mol. The normalized spacial score (nSPS) is 12.0. The van der Waals surface area contributed by atoms with Crippen LogP contribution in [0.4, 0.5) is 0 Å². The summed E-state index contributed by atoms with van der Waals surface area (Å²) in [6.07, 6.45) is 0. The summed E-state index contributed by atoms with van der Waals surface area (Å²) in [7, 11) is 0. The van der Waals surface area contributed by atoms with Crippen LogP contribution in [0.2, 0.25) is 0 Å². The lowest BCUT2D eigenvalue weighted by atomic mass is 10.0. The van der Waals surface area contributed by atoms with Gasteiger partial charge in [0.1, 0.15) is 5.58 Å². The molecule has 0 unspecified atom stereocenters. The molecule has 4 nitrogen and oxygen atoms in total. The quantitative estimate of drug-likeness (QED) is 0.205. The summed E-state index contributed by atoms with van der Waals surface area (Å²) in [5.41, 5.74) is 7.72. The molecule has 0 aliphatic heterocycles. The van der Waals surface area contributed by atoms with Gasteiger partial charge in [-0.25, -0.2) is 4.98 Å². The summed E-state index contributed by atoms with van der Waals surface area (Å²) >= 11 is 1.87. The van der Waals surface area contributed by atoms with Crippen molar-refractivity contribution in [1.82, 2.24) is 14.5 Å². The molecule has 45 heavy (non-hydrogen) atoms. The minimum absolute atomic E-state index is 0.592. The Kier molecular flexibility index (Phi) is 5.12. The molecule has 0 saturated heterocycles. The highest BCUT2D eigenvalue weighted by Crippen LogP contribution is 2.43. The van der Waals surface area contributed by atoms with E-state index in [1.807, 2.05) is 59.9 Å². The second-order valence-electron chi connectivity index (χ2n) is 11.4. The Hall–Kier alpha value is -5.78. The smallest absolute Gasteiger partial charge is 0.231 e. The number of furan rings is 1. The molecule has 0 atom stereocenters. The van der Waals surface area contributed by atoms with Crippen molar-refractivity contribution < 1.29 is 4.42 Å². The van der Waals surface area contributed by atoms with Crippen molar-refractivity contribution in [1.29, 1.82) is 0 Å². The third-order valence-corrected chi connectivity index (χ3v) is 10.0. The van der Waals surface area contributed by atoms with Crippen LogP contribution < -0.4 is 0 Å². The van der Waals surface area contributed by atoms with Gasteiger partial charge in [0, 0.05) is 48.4 Å². The number of para-hydroxylation sites is 2. The summed E-state index contributed by atoms with van der Waals surface area (Å²) in [4.78, 5) is 10.1. The second-order valence-corrected chi connectivity index (χ2v) is 12.4. The molecule has 0 aliphatic carbocycles. The van der Waals surface area contributed by atoms with Gasteiger partial charge < -0.3 is 8.98 Å². The van der Waals surface area contributed by atoms with Gasteiger partial charge in [-0.05, 0) is 30.3 Å². The van der Waals surface area contributed by atoms with Gasteiger partial charge in [-0.2, -0.15) is 4.98 Å². The Morgan fingerprint density at radius 2 is 1.29 bits per heavy atom. The topological polar surface area (TPSA) is 43.9 Å². The van der Waals surface area contributed by atoms with Crippen LogP contribution in [-0.2, 0) is 0 Å². The number of benzene rings is 6. The molecule has 10 aromatic rings. The first-order valence-electron chi connectivity index (χ1n) is 15.0. The van der Waals surface area contributed by atoms with Crippen LogP contribution in [0.3, 0.4) is 0 Å². The number of hydrogen-bond acceptors (Lipinski definition) is 4.